The van der Waals surface area contributed by atoms with Crippen LogP contribution in [0.5, 0.6) is 5.75 Å². The summed E-state index contributed by atoms with van der Waals surface area (Å²) in [4.78, 5) is 6.35. The highest BCUT2D eigenvalue weighted by molar-refractivity contribution is 5.41. The summed E-state index contributed by atoms with van der Waals surface area (Å²) in [6.07, 6.45) is 5.08. The second-order valence-corrected chi connectivity index (χ2v) is 6.63. The van der Waals surface area contributed by atoms with Crippen molar-refractivity contribution in [2.45, 2.75) is 38.4 Å². The Bertz CT molecular complexity index is 501. The minimum atomic E-state index is -2.83. The number of aliphatic hydroxyl groups is 1. The van der Waals surface area contributed by atoms with Gasteiger partial charge in [0.1, 0.15) is 11.6 Å². The summed E-state index contributed by atoms with van der Waals surface area (Å²) in [7, 11) is 0. The summed E-state index contributed by atoms with van der Waals surface area (Å²) in [6, 6.07) is 3.23. The number of hydrogen-bond donors (Lipinski definition) is 2. The molecule has 24 heavy (non-hydrogen) atoms. The van der Waals surface area contributed by atoms with Gasteiger partial charge in [-0.3, -0.25) is 0 Å². The van der Waals surface area contributed by atoms with E-state index >= 15 is 0 Å². The molecule has 1 atom stereocenters. The van der Waals surface area contributed by atoms with Gasteiger partial charge in [-0.2, -0.15) is 8.78 Å². The number of rotatable bonds is 5. The van der Waals surface area contributed by atoms with Crippen molar-refractivity contribution in [2.24, 2.45) is 11.8 Å². The molecule has 2 fully saturated rings. The number of ether oxygens (including phenoxy) is 1. The fourth-order valence-corrected chi connectivity index (χ4v) is 3.77. The van der Waals surface area contributed by atoms with Crippen molar-refractivity contribution < 1.29 is 18.6 Å². The van der Waals surface area contributed by atoms with Crippen LogP contribution < -0.4 is 15.0 Å². The summed E-state index contributed by atoms with van der Waals surface area (Å²) in [5.41, 5.74) is 0. The van der Waals surface area contributed by atoms with E-state index in [4.69, 9.17) is 0 Å². The van der Waals surface area contributed by atoms with Crippen LogP contribution >= 0.6 is 0 Å². The Balaban J connectivity index is 1.51. The maximum Gasteiger partial charge on any atom is 0.387 e. The van der Waals surface area contributed by atoms with Crippen molar-refractivity contribution in [3.05, 3.63) is 18.3 Å². The molecule has 5 nitrogen and oxygen atoms in total. The van der Waals surface area contributed by atoms with Crippen LogP contribution in [0.4, 0.5) is 14.6 Å². The molecule has 0 aliphatic carbocycles. The van der Waals surface area contributed by atoms with Gasteiger partial charge in [-0.25, -0.2) is 4.98 Å². The summed E-state index contributed by atoms with van der Waals surface area (Å²) in [5, 5.41) is 14.0. The van der Waals surface area contributed by atoms with Gasteiger partial charge >= 0.3 is 6.61 Å². The molecular formula is C17H25F2N3O2. The lowest BCUT2D eigenvalue weighted by Crippen LogP contribution is -2.43. The maximum absolute atomic E-state index is 12.2. The van der Waals surface area contributed by atoms with Crippen LogP contribution in [-0.2, 0) is 0 Å². The van der Waals surface area contributed by atoms with E-state index in [-0.39, 0.29) is 11.9 Å². The molecule has 7 heteroatoms. The fourth-order valence-electron chi connectivity index (χ4n) is 3.77. The number of nitrogens with one attached hydrogen (secondary N) is 1. The topological polar surface area (TPSA) is 57.6 Å². The van der Waals surface area contributed by atoms with E-state index in [0.717, 1.165) is 57.7 Å². The highest BCUT2D eigenvalue weighted by atomic mass is 19.3. The zero-order chi connectivity index (χ0) is 16.9. The third-order valence-electron chi connectivity index (χ3n) is 5.16. The predicted molar refractivity (Wildman–Crippen MR) is 87.4 cm³/mol. The van der Waals surface area contributed by atoms with Gasteiger partial charge in [0.25, 0.3) is 0 Å². The van der Waals surface area contributed by atoms with Crippen molar-refractivity contribution in [1.82, 2.24) is 10.3 Å². The number of hydrogen-bond acceptors (Lipinski definition) is 5. The van der Waals surface area contributed by atoms with Gasteiger partial charge in [-0.15, -0.1) is 0 Å². The Kier molecular flexibility index (Phi) is 5.84. The van der Waals surface area contributed by atoms with E-state index in [2.05, 4.69) is 19.9 Å². The lowest BCUT2D eigenvalue weighted by atomic mass is 9.80. The van der Waals surface area contributed by atoms with Crippen LogP contribution in [0.2, 0.25) is 0 Å². The van der Waals surface area contributed by atoms with E-state index in [9.17, 15) is 13.9 Å². The van der Waals surface area contributed by atoms with Crippen LogP contribution in [0.3, 0.4) is 0 Å². The van der Waals surface area contributed by atoms with E-state index in [1.165, 1.54) is 12.3 Å². The Morgan fingerprint density at radius 3 is 2.38 bits per heavy atom. The molecule has 2 aliphatic heterocycles. The average molecular weight is 341 g/mol. The summed E-state index contributed by atoms with van der Waals surface area (Å²) in [5.74, 6) is 1.59. The Morgan fingerprint density at radius 2 is 1.79 bits per heavy atom. The van der Waals surface area contributed by atoms with Crippen molar-refractivity contribution >= 4 is 5.82 Å². The maximum atomic E-state index is 12.2. The van der Waals surface area contributed by atoms with E-state index in [0.29, 0.717) is 11.8 Å². The molecule has 0 aromatic carbocycles. The van der Waals surface area contributed by atoms with E-state index in [1.807, 2.05) is 0 Å². The molecule has 3 rings (SSSR count). The number of nitrogens with zero attached hydrogens (tertiary/aromatic N) is 2. The number of aromatic nitrogens is 1. The molecule has 0 saturated carbocycles. The van der Waals surface area contributed by atoms with Crippen molar-refractivity contribution in [1.29, 1.82) is 0 Å². The Morgan fingerprint density at radius 1 is 1.12 bits per heavy atom. The van der Waals surface area contributed by atoms with Crippen LogP contribution in [0.25, 0.3) is 0 Å². The molecular weight excluding hydrogens is 316 g/mol. The average Bonchev–Trinajstić information content (AvgIpc) is 2.62. The smallest absolute Gasteiger partial charge is 0.387 e. The van der Waals surface area contributed by atoms with E-state index in [1.54, 1.807) is 6.07 Å². The highest BCUT2D eigenvalue weighted by Gasteiger charge is 2.31. The molecule has 3 heterocycles. The Hall–Kier alpha value is -1.47. The highest BCUT2D eigenvalue weighted by Crippen LogP contribution is 2.30. The molecule has 0 spiro atoms. The quantitative estimate of drug-likeness (QED) is 0.860. The van der Waals surface area contributed by atoms with Crippen LogP contribution in [-0.4, -0.2) is 49.0 Å². The van der Waals surface area contributed by atoms with Crippen molar-refractivity contribution in [3.63, 3.8) is 0 Å². The largest absolute Gasteiger partial charge is 0.433 e. The molecule has 0 amide bonds. The monoisotopic (exact) mass is 341 g/mol. The standard InChI is InChI=1S/C17H25F2N3O2/c18-17(19)24-14-1-2-15(21-11-14)22-9-5-13(6-10-22)16(23)12-3-7-20-8-4-12/h1-2,11-13,16-17,20,23H,3-10H2. The fraction of sp³-hybridized carbons (Fsp3) is 0.706. The van der Waals surface area contributed by atoms with Gasteiger partial charge in [0.2, 0.25) is 0 Å². The second-order valence-electron chi connectivity index (χ2n) is 6.63. The zero-order valence-electron chi connectivity index (χ0n) is 13.7. The minimum absolute atomic E-state index is 0.0740. The molecule has 2 saturated heterocycles. The number of alkyl halides is 2. The predicted octanol–water partition coefficient (Wildman–Crippen LogP) is 2.26. The molecule has 0 radical (unpaired) electrons. The minimum Gasteiger partial charge on any atom is -0.433 e. The van der Waals surface area contributed by atoms with Gasteiger partial charge in [0.05, 0.1) is 12.3 Å². The third-order valence-corrected chi connectivity index (χ3v) is 5.16. The first-order chi connectivity index (χ1) is 11.6. The van der Waals surface area contributed by atoms with E-state index < -0.39 is 6.61 Å². The first-order valence-corrected chi connectivity index (χ1v) is 8.68. The van der Waals surface area contributed by atoms with Crippen molar-refractivity contribution in [3.8, 4) is 5.75 Å². The van der Waals surface area contributed by atoms with Gasteiger partial charge in [0, 0.05) is 13.1 Å². The number of pyridine rings is 1. The van der Waals surface area contributed by atoms with Gasteiger partial charge in [-0.1, -0.05) is 0 Å². The molecule has 2 N–H and O–H groups in total. The second kappa shape index (κ2) is 8.07. The molecule has 0 bridgehead atoms. The molecule has 134 valence electrons. The number of halogens is 2. The molecule has 1 aromatic rings. The van der Waals surface area contributed by atoms with Gasteiger partial charge in [-0.05, 0) is 62.7 Å². The van der Waals surface area contributed by atoms with Gasteiger partial charge < -0.3 is 20.1 Å². The molecule has 1 aromatic heterocycles. The zero-order valence-corrected chi connectivity index (χ0v) is 13.7. The number of piperidine rings is 2. The lowest BCUT2D eigenvalue weighted by Gasteiger charge is -2.38. The summed E-state index contributed by atoms with van der Waals surface area (Å²) < 4.78 is 28.6. The number of aliphatic hydroxyl groups excluding tert-OH is 1. The first-order valence-electron chi connectivity index (χ1n) is 8.68. The van der Waals surface area contributed by atoms with Crippen LogP contribution in [0.15, 0.2) is 18.3 Å². The first kappa shape index (κ1) is 17.4. The van der Waals surface area contributed by atoms with Crippen LogP contribution in [0, 0.1) is 11.8 Å². The van der Waals surface area contributed by atoms with Crippen molar-refractivity contribution in [2.75, 3.05) is 31.1 Å². The summed E-state index contributed by atoms with van der Waals surface area (Å²) >= 11 is 0. The van der Waals surface area contributed by atoms with Gasteiger partial charge in [0.15, 0.2) is 0 Å². The SMILES string of the molecule is OC(C1CCNCC1)C1CCN(c2ccc(OC(F)F)cn2)CC1. The third kappa shape index (κ3) is 4.33. The molecule has 2 aliphatic rings. The Labute approximate surface area is 141 Å². The number of anilines is 1. The van der Waals surface area contributed by atoms with Crippen LogP contribution in [0.1, 0.15) is 25.7 Å². The summed E-state index contributed by atoms with van der Waals surface area (Å²) in [6.45, 7) is 0.823. The normalized spacial score (nSPS) is 21.9. The lowest BCUT2D eigenvalue weighted by molar-refractivity contribution is -0.0500. The molecule has 1 unspecified atom stereocenters.